The highest BCUT2D eigenvalue weighted by molar-refractivity contribution is 7.17. The number of hydrogen-bond donors (Lipinski definition) is 1. The monoisotopic (exact) mass is 330 g/mol. The molecule has 1 fully saturated rings. The molecule has 1 amide bonds. The largest absolute Gasteiger partial charge is 0.393 e. The molecule has 3 rings (SSSR count). The molecule has 2 unspecified atom stereocenters. The molecule has 1 aliphatic heterocycles. The Bertz CT molecular complexity index is 682. The number of amides is 1. The number of aryl methyl sites for hydroxylation is 1. The summed E-state index contributed by atoms with van der Waals surface area (Å²) in [5.74, 6) is 0.0605. The third kappa shape index (κ3) is 3.46. The molecular weight excluding hydrogens is 308 g/mol. The Morgan fingerprint density at radius 3 is 2.87 bits per heavy atom. The predicted octanol–water partition coefficient (Wildman–Crippen LogP) is 3.49. The standard InChI is InChI=1S/C18H22N2O2S/c1-12(21)11-15-9-6-10-20(15)18(22)16-13(2)19-17(23-16)14-7-4-3-5-8-14/h3-5,7-8,12,15,21H,6,9-11H2,1-2H3. The van der Waals surface area contributed by atoms with Gasteiger partial charge in [-0.2, -0.15) is 0 Å². The third-order valence-corrected chi connectivity index (χ3v) is 5.46. The summed E-state index contributed by atoms with van der Waals surface area (Å²) < 4.78 is 0. The van der Waals surface area contributed by atoms with E-state index in [4.69, 9.17) is 0 Å². The van der Waals surface area contributed by atoms with Crippen molar-refractivity contribution in [2.24, 2.45) is 0 Å². The van der Waals surface area contributed by atoms with Crippen LogP contribution in [0.4, 0.5) is 0 Å². The van der Waals surface area contributed by atoms with E-state index in [9.17, 15) is 9.90 Å². The highest BCUT2D eigenvalue weighted by Crippen LogP contribution is 2.31. The first-order valence-corrected chi connectivity index (χ1v) is 8.90. The lowest BCUT2D eigenvalue weighted by Gasteiger charge is -2.25. The van der Waals surface area contributed by atoms with Crippen molar-refractivity contribution in [3.8, 4) is 10.6 Å². The van der Waals surface area contributed by atoms with E-state index in [-0.39, 0.29) is 18.1 Å². The first-order valence-electron chi connectivity index (χ1n) is 8.08. The van der Waals surface area contributed by atoms with E-state index in [0.29, 0.717) is 6.42 Å². The lowest BCUT2D eigenvalue weighted by Crippen LogP contribution is -2.37. The van der Waals surface area contributed by atoms with Gasteiger partial charge < -0.3 is 10.0 Å². The Labute approximate surface area is 140 Å². The third-order valence-electron chi connectivity index (χ3n) is 4.26. The summed E-state index contributed by atoms with van der Waals surface area (Å²) in [4.78, 5) is 20.1. The molecule has 0 radical (unpaired) electrons. The summed E-state index contributed by atoms with van der Waals surface area (Å²) in [5.41, 5.74) is 1.84. The minimum atomic E-state index is -0.379. The normalized spacial score (nSPS) is 19.1. The van der Waals surface area contributed by atoms with Crippen molar-refractivity contribution in [1.29, 1.82) is 0 Å². The lowest BCUT2D eigenvalue weighted by molar-refractivity contribution is 0.0686. The van der Waals surface area contributed by atoms with Gasteiger partial charge in [0.15, 0.2) is 0 Å². The van der Waals surface area contributed by atoms with E-state index in [0.717, 1.165) is 40.5 Å². The van der Waals surface area contributed by atoms with Gasteiger partial charge in [0.25, 0.3) is 5.91 Å². The number of rotatable bonds is 4. The molecule has 1 aliphatic rings. The Morgan fingerprint density at radius 2 is 2.17 bits per heavy atom. The van der Waals surface area contributed by atoms with Crippen molar-refractivity contribution in [2.75, 3.05) is 6.54 Å². The molecule has 0 bridgehead atoms. The maximum atomic E-state index is 12.9. The number of carbonyl (C=O) groups is 1. The van der Waals surface area contributed by atoms with E-state index in [2.05, 4.69) is 4.98 Å². The van der Waals surface area contributed by atoms with Crippen molar-refractivity contribution in [2.45, 2.75) is 45.3 Å². The molecule has 122 valence electrons. The van der Waals surface area contributed by atoms with Gasteiger partial charge in [-0.1, -0.05) is 30.3 Å². The van der Waals surface area contributed by atoms with Crippen LogP contribution in [-0.4, -0.2) is 39.6 Å². The van der Waals surface area contributed by atoms with Gasteiger partial charge in [-0.25, -0.2) is 4.98 Å². The van der Waals surface area contributed by atoms with Crippen molar-refractivity contribution >= 4 is 17.2 Å². The number of aliphatic hydroxyl groups is 1. The number of thiazole rings is 1. The Hall–Kier alpha value is -1.72. The number of likely N-dealkylation sites (tertiary alicyclic amines) is 1. The molecule has 2 aromatic rings. The second-order valence-electron chi connectivity index (χ2n) is 6.18. The van der Waals surface area contributed by atoms with Gasteiger partial charge in [0.1, 0.15) is 9.88 Å². The van der Waals surface area contributed by atoms with Crippen LogP contribution in [0.1, 0.15) is 41.6 Å². The van der Waals surface area contributed by atoms with Crippen LogP contribution in [0.25, 0.3) is 10.6 Å². The zero-order chi connectivity index (χ0) is 16.4. The van der Waals surface area contributed by atoms with Crippen molar-refractivity contribution in [1.82, 2.24) is 9.88 Å². The predicted molar refractivity (Wildman–Crippen MR) is 92.6 cm³/mol. The summed E-state index contributed by atoms with van der Waals surface area (Å²) in [7, 11) is 0. The molecule has 5 heteroatoms. The minimum Gasteiger partial charge on any atom is -0.393 e. The molecule has 1 N–H and O–H groups in total. The summed E-state index contributed by atoms with van der Waals surface area (Å²) in [6.07, 6.45) is 2.25. The quantitative estimate of drug-likeness (QED) is 0.933. The topological polar surface area (TPSA) is 53.4 Å². The molecule has 1 aromatic carbocycles. The smallest absolute Gasteiger partial charge is 0.266 e. The fraction of sp³-hybridized carbons (Fsp3) is 0.444. The molecule has 2 heterocycles. The van der Waals surface area contributed by atoms with Crippen LogP contribution >= 0.6 is 11.3 Å². The van der Waals surface area contributed by atoms with Crippen molar-refractivity contribution in [3.05, 3.63) is 40.9 Å². The van der Waals surface area contributed by atoms with Crippen LogP contribution in [0.5, 0.6) is 0 Å². The second kappa shape index (κ2) is 6.81. The van der Waals surface area contributed by atoms with Gasteiger partial charge in [-0.05, 0) is 33.1 Å². The lowest BCUT2D eigenvalue weighted by atomic mass is 10.1. The molecule has 23 heavy (non-hydrogen) atoms. The Balaban J connectivity index is 1.84. The summed E-state index contributed by atoms with van der Waals surface area (Å²) in [6, 6.07) is 10.1. The van der Waals surface area contributed by atoms with E-state index in [1.165, 1.54) is 11.3 Å². The highest BCUT2D eigenvalue weighted by atomic mass is 32.1. The summed E-state index contributed by atoms with van der Waals surface area (Å²) >= 11 is 1.46. The Kier molecular flexibility index (Phi) is 4.78. The van der Waals surface area contributed by atoms with E-state index in [1.54, 1.807) is 6.92 Å². The highest BCUT2D eigenvalue weighted by Gasteiger charge is 2.32. The van der Waals surface area contributed by atoms with Gasteiger partial charge in [0, 0.05) is 18.2 Å². The van der Waals surface area contributed by atoms with E-state index < -0.39 is 0 Å². The SMILES string of the molecule is Cc1nc(-c2ccccc2)sc1C(=O)N1CCCC1CC(C)O. The number of benzene rings is 1. The van der Waals surface area contributed by atoms with Crippen LogP contribution in [0.2, 0.25) is 0 Å². The number of nitrogens with zero attached hydrogens (tertiary/aromatic N) is 2. The van der Waals surface area contributed by atoms with Crippen LogP contribution in [0, 0.1) is 6.92 Å². The fourth-order valence-electron chi connectivity index (χ4n) is 3.17. The number of carbonyl (C=O) groups excluding carboxylic acids is 1. The Morgan fingerprint density at radius 1 is 1.43 bits per heavy atom. The van der Waals surface area contributed by atoms with Gasteiger partial charge >= 0.3 is 0 Å². The molecule has 4 nitrogen and oxygen atoms in total. The minimum absolute atomic E-state index is 0.0605. The second-order valence-corrected chi connectivity index (χ2v) is 7.18. The molecule has 0 aliphatic carbocycles. The van der Waals surface area contributed by atoms with Crippen LogP contribution < -0.4 is 0 Å². The van der Waals surface area contributed by atoms with Gasteiger partial charge in [-0.3, -0.25) is 4.79 Å². The molecular formula is C18H22N2O2S. The van der Waals surface area contributed by atoms with Gasteiger partial charge in [0.2, 0.25) is 0 Å². The summed E-state index contributed by atoms with van der Waals surface area (Å²) in [6.45, 7) is 4.45. The molecule has 0 spiro atoms. The first-order chi connectivity index (χ1) is 11.1. The zero-order valence-corrected chi connectivity index (χ0v) is 14.3. The zero-order valence-electron chi connectivity index (χ0n) is 13.5. The van der Waals surface area contributed by atoms with Crippen molar-refractivity contribution in [3.63, 3.8) is 0 Å². The van der Waals surface area contributed by atoms with Crippen LogP contribution in [-0.2, 0) is 0 Å². The maximum absolute atomic E-state index is 12.9. The van der Waals surface area contributed by atoms with Crippen LogP contribution in [0.15, 0.2) is 30.3 Å². The van der Waals surface area contributed by atoms with Gasteiger partial charge in [-0.15, -0.1) is 11.3 Å². The van der Waals surface area contributed by atoms with Crippen molar-refractivity contribution < 1.29 is 9.90 Å². The molecule has 1 aromatic heterocycles. The van der Waals surface area contributed by atoms with E-state index >= 15 is 0 Å². The molecule has 2 atom stereocenters. The van der Waals surface area contributed by atoms with Gasteiger partial charge in [0.05, 0.1) is 11.8 Å². The molecule has 1 saturated heterocycles. The average molecular weight is 330 g/mol. The maximum Gasteiger partial charge on any atom is 0.266 e. The number of aromatic nitrogens is 1. The van der Waals surface area contributed by atoms with E-state index in [1.807, 2.05) is 42.2 Å². The molecule has 0 saturated carbocycles. The number of aliphatic hydroxyl groups excluding tert-OH is 1. The fourth-order valence-corrected chi connectivity index (χ4v) is 4.20. The number of hydrogen-bond acceptors (Lipinski definition) is 4. The van der Waals surface area contributed by atoms with Crippen LogP contribution in [0.3, 0.4) is 0 Å². The first kappa shape index (κ1) is 16.1. The summed E-state index contributed by atoms with van der Waals surface area (Å²) in [5, 5.41) is 10.5. The average Bonchev–Trinajstić information content (AvgIpc) is 3.14.